The molecule has 0 bridgehead atoms. The molecule has 0 fully saturated rings. The highest BCUT2D eigenvalue weighted by molar-refractivity contribution is 5.42. The Balaban J connectivity index is 2.56. The van der Waals surface area contributed by atoms with Crippen LogP contribution < -0.4 is 14.8 Å². The first-order valence-corrected chi connectivity index (χ1v) is 6.75. The van der Waals surface area contributed by atoms with Crippen molar-refractivity contribution in [3.05, 3.63) is 23.8 Å². The Kier molecular flexibility index (Phi) is 6.67. The van der Waals surface area contributed by atoms with Crippen LogP contribution >= 0.6 is 0 Å². The zero-order valence-corrected chi connectivity index (χ0v) is 12.7. The second-order valence-corrected chi connectivity index (χ2v) is 4.86. The topological polar surface area (TPSA) is 33.7 Å². The Morgan fingerprint density at radius 3 is 2.58 bits per heavy atom. The molecule has 4 heteroatoms. The summed E-state index contributed by atoms with van der Waals surface area (Å²) in [5, 5.41) is 3.45. The van der Waals surface area contributed by atoms with Crippen molar-refractivity contribution in [1.82, 2.24) is 10.2 Å². The average Bonchev–Trinajstić information content (AvgIpc) is 2.39. The van der Waals surface area contributed by atoms with Gasteiger partial charge >= 0.3 is 0 Å². The Bertz CT molecular complexity index is 380. The second kappa shape index (κ2) is 8.02. The molecule has 1 aromatic rings. The zero-order chi connectivity index (χ0) is 14.3. The van der Waals surface area contributed by atoms with Gasteiger partial charge in [-0.15, -0.1) is 0 Å². The van der Waals surface area contributed by atoms with Crippen LogP contribution in [0.4, 0.5) is 0 Å². The molecule has 1 aromatic carbocycles. The molecule has 0 saturated carbocycles. The maximum Gasteiger partial charge on any atom is 0.161 e. The number of nitrogens with zero attached hydrogens (tertiary/aromatic N) is 1. The summed E-state index contributed by atoms with van der Waals surface area (Å²) < 4.78 is 10.8. The quantitative estimate of drug-likeness (QED) is 0.781. The number of benzene rings is 1. The molecule has 0 aliphatic heterocycles. The van der Waals surface area contributed by atoms with Crippen molar-refractivity contribution in [3.63, 3.8) is 0 Å². The zero-order valence-electron chi connectivity index (χ0n) is 12.7. The minimum absolute atomic E-state index is 0.518. The molecule has 0 heterocycles. The van der Waals surface area contributed by atoms with E-state index in [0.29, 0.717) is 12.6 Å². The lowest BCUT2D eigenvalue weighted by Crippen LogP contribution is -2.35. The minimum Gasteiger partial charge on any atom is -0.493 e. The first-order chi connectivity index (χ1) is 9.08. The third kappa shape index (κ3) is 5.09. The summed E-state index contributed by atoms with van der Waals surface area (Å²) >= 11 is 0. The van der Waals surface area contributed by atoms with Gasteiger partial charge in [0.15, 0.2) is 11.5 Å². The largest absolute Gasteiger partial charge is 0.493 e. The van der Waals surface area contributed by atoms with Crippen molar-refractivity contribution < 1.29 is 9.47 Å². The number of hydrogen-bond donors (Lipinski definition) is 1. The molecule has 1 unspecified atom stereocenters. The van der Waals surface area contributed by atoms with Gasteiger partial charge in [0.1, 0.15) is 0 Å². The average molecular weight is 266 g/mol. The fourth-order valence-corrected chi connectivity index (χ4v) is 1.71. The van der Waals surface area contributed by atoms with E-state index in [2.05, 4.69) is 37.3 Å². The predicted octanol–water partition coefficient (Wildman–Crippen LogP) is 2.13. The van der Waals surface area contributed by atoms with E-state index >= 15 is 0 Å². The van der Waals surface area contributed by atoms with Gasteiger partial charge in [-0.1, -0.05) is 6.07 Å². The molecule has 108 valence electrons. The minimum atomic E-state index is 0.518. The van der Waals surface area contributed by atoms with Gasteiger partial charge in [0, 0.05) is 19.1 Å². The maximum absolute atomic E-state index is 5.57. The smallest absolute Gasteiger partial charge is 0.161 e. The summed E-state index contributed by atoms with van der Waals surface area (Å²) in [6, 6.07) is 6.58. The number of rotatable bonds is 8. The SMILES string of the molecule is CCOc1cc(CNCC(C)N(C)C)ccc1OC. The van der Waals surface area contributed by atoms with E-state index in [9.17, 15) is 0 Å². The molecule has 0 aromatic heterocycles. The maximum atomic E-state index is 5.57. The van der Waals surface area contributed by atoms with E-state index in [-0.39, 0.29) is 0 Å². The fraction of sp³-hybridized carbons (Fsp3) is 0.600. The fourth-order valence-electron chi connectivity index (χ4n) is 1.71. The van der Waals surface area contributed by atoms with Crippen LogP contribution in [-0.4, -0.2) is 45.3 Å². The van der Waals surface area contributed by atoms with Crippen molar-refractivity contribution in [3.8, 4) is 11.5 Å². The van der Waals surface area contributed by atoms with E-state index < -0.39 is 0 Å². The lowest BCUT2D eigenvalue weighted by atomic mass is 10.2. The summed E-state index contributed by atoms with van der Waals surface area (Å²) in [6.45, 7) is 6.62. The molecule has 0 spiro atoms. The Morgan fingerprint density at radius 1 is 1.26 bits per heavy atom. The third-order valence-corrected chi connectivity index (χ3v) is 3.18. The molecule has 0 aliphatic carbocycles. The van der Waals surface area contributed by atoms with Crippen molar-refractivity contribution >= 4 is 0 Å². The third-order valence-electron chi connectivity index (χ3n) is 3.18. The first kappa shape index (κ1) is 15.8. The van der Waals surface area contributed by atoms with E-state index in [0.717, 1.165) is 24.6 Å². The normalized spacial score (nSPS) is 12.5. The second-order valence-electron chi connectivity index (χ2n) is 4.86. The van der Waals surface area contributed by atoms with Crippen LogP contribution in [0.5, 0.6) is 11.5 Å². The lowest BCUT2D eigenvalue weighted by Gasteiger charge is -2.20. The highest BCUT2D eigenvalue weighted by Crippen LogP contribution is 2.27. The van der Waals surface area contributed by atoms with E-state index in [4.69, 9.17) is 9.47 Å². The highest BCUT2D eigenvalue weighted by Gasteiger charge is 2.06. The number of hydrogen-bond acceptors (Lipinski definition) is 4. The number of nitrogens with one attached hydrogen (secondary N) is 1. The Hall–Kier alpha value is -1.26. The molecule has 0 amide bonds. The Morgan fingerprint density at radius 2 is 2.00 bits per heavy atom. The highest BCUT2D eigenvalue weighted by atomic mass is 16.5. The van der Waals surface area contributed by atoms with E-state index in [1.165, 1.54) is 5.56 Å². The van der Waals surface area contributed by atoms with Gasteiger partial charge in [-0.25, -0.2) is 0 Å². The molecule has 1 atom stereocenters. The van der Waals surface area contributed by atoms with Gasteiger partial charge < -0.3 is 19.7 Å². The van der Waals surface area contributed by atoms with Crippen molar-refractivity contribution in [2.75, 3.05) is 34.4 Å². The van der Waals surface area contributed by atoms with Crippen LogP contribution in [0.1, 0.15) is 19.4 Å². The number of methoxy groups -OCH3 is 1. The monoisotopic (exact) mass is 266 g/mol. The summed E-state index contributed by atoms with van der Waals surface area (Å²) in [5.74, 6) is 1.59. The van der Waals surface area contributed by atoms with Crippen LogP contribution in [0.15, 0.2) is 18.2 Å². The van der Waals surface area contributed by atoms with Crippen LogP contribution in [-0.2, 0) is 6.54 Å². The standard InChI is InChI=1S/C15H26N2O2/c1-6-19-15-9-13(7-8-14(15)18-5)11-16-10-12(2)17(3)4/h7-9,12,16H,6,10-11H2,1-5H3. The number of ether oxygens (including phenoxy) is 2. The molecule has 19 heavy (non-hydrogen) atoms. The van der Waals surface area contributed by atoms with E-state index in [1.54, 1.807) is 7.11 Å². The summed E-state index contributed by atoms with van der Waals surface area (Å²) in [7, 11) is 5.84. The summed E-state index contributed by atoms with van der Waals surface area (Å²) in [6.07, 6.45) is 0. The number of likely N-dealkylation sites (N-methyl/N-ethyl adjacent to an activating group) is 1. The molecular formula is C15H26N2O2. The predicted molar refractivity (Wildman–Crippen MR) is 79.0 cm³/mol. The van der Waals surface area contributed by atoms with Crippen LogP contribution in [0.2, 0.25) is 0 Å². The first-order valence-electron chi connectivity index (χ1n) is 6.75. The van der Waals surface area contributed by atoms with Gasteiger partial charge in [-0.2, -0.15) is 0 Å². The molecule has 1 rings (SSSR count). The van der Waals surface area contributed by atoms with Crippen molar-refractivity contribution in [2.45, 2.75) is 26.4 Å². The lowest BCUT2D eigenvalue weighted by molar-refractivity contribution is 0.301. The van der Waals surface area contributed by atoms with Crippen LogP contribution in [0.3, 0.4) is 0 Å². The van der Waals surface area contributed by atoms with Crippen LogP contribution in [0.25, 0.3) is 0 Å². The van der Waals surface area contributed by atoms with E-state index in [1.807, 2.05) is 19.1 Å². The van der Waals surface area contributed by atoms with Crippen LogP contribution in [0, 0.1) is 0 Å². The Labute approximate surface area is 116 Å². The van der Waals surface area contributed by atoms with Crippen molar-refractivity contribution in [2.24, 2.45) is 0 Å². The molecule has 0 aliphatic rings. The molecular weight excluding hydrogens is 240 g/mol. The molecule has 4 nitrogen and oxygen atoms in total. The van der Waals surface area contributed by atoms with Crippen molar-refractivity contribution in [1.29, 1.82) is 0 Å². The van der Waals surface area contributed by atoms with Gasteiger partial charge in [0.25, 0.3) is 0 Å². The van der Waals surface area contributed by atoms with Gasteiger partial charge in [0.05, 0.1) is 13.7 Å². The van der Waals surface area contributed by atoms with Gasteiger partial charge in [0.2, 0.25) is 0 Å². The van der Waals surface area contributed by atoms with Gasteiger partial charge in [-0.05, 0) is 45.6 Å². The van der Waals surface area contributed by atoms with Gasteiger partial charge in [-0.3, -0.25) is 0 Å². The summed E-state index contributed by atoms with van der Waals surface area (Å²) in [5.41, 5.74) is 1.20. The summed E-state index contributed by atoms with van der Waals surface area (Å²) in [4.78, 5) is 2.20. The molecule has 0 radical (unpaired) electrons. The molecule has 0 saturated heterocycles. The molecule has 1 N–H and O–H groups in total.